The van der Waals surface area contributed by atoms with E-state index in [0.717, 1.165) is 56.5 Å². The lowest BCUT2D eigenvalue weighted by Gasteiger charge is -2.28. The Morgan fingerprint density at radius 1 is 0.960 bits per heavy atom. The van der Waals surface area contributed by atoms with Gasteiger partial charge < -0.3 is 4.90 Å². The highest BCUT2D eigenvalue weighted by atomic mass is 15.1. The van der Waals surface area contributed by atoms with Crippen molar-refractivity contribution in [3.63, 3.8) is 0 Å². The van der Waals surface area contributed by atoms with Crippen LogP contribution in [0.4, 0.5) is 0 Å². The molecule has 25 heavy (non-hydrogen) atoms. The first-order chi connectivity index (χ1) is 12.1. The molecule has 0 saturated carbocycles. The monoisotopic (exact) mass is 337 g/mol. The van der Waals surface area contributed by atoms with Crippen molar-refractivity contribution in [1.29, 1.82) is 0 Å². The molecule has 0 radical (unpaired) electrons. The quantitative estimate of drug-likeness (QED) is 0.368. The number of rotatable bonds is 12. The van der Waals surface area contributed by atoms with Gasteiger partial charge in [0.2, 0.25) is 0 Å². The predicted octanol–water partition coefficient (Wildman–Crippen LogP) is 7.10. The highest BCUT2D eigenvalue weighted by Gasteiger charge is 2.14. The zero-order valence-electron chi connectivity index (χ0n) is 16.5. The smallest absolute Gasteiger partial charge is 0.0372 e. The van der Waals surface area contributed by atoms with Crippen LogP contribution in [-0.4, -0.2) is 18.0 Å². The minimum absolute atomic E-state index is 0.895. The van der Waals surface area contributed by atoms with E-state index in [1.807, 2.05) is 6.08 Å². The van der Waals surface area contributed by atoms with Crippen LogP contribution in [0.3, 0.4) is 0 Å². The summed E-state index contributed by atoms with van der Waals surface area (Å²) in [6, 6.07) is 8.55. The Kier molecular flexibility index (Phi) is 9.69. The third kappa shape index (κ3) is 6.42. The van der Waals surface area contributed by atoms with Gasteiger partial charge in [0, 0.05) is 24.4 Å². The van der Waals surface area contributed by atoms with Crippen LogP contribution in [0.5, 0.6) is 0 Å². The van der Waals surface area contributed by atoms with E-state index in [-0.39, 0.29) is 0 Å². The van der Waals surface area contributed by atoms with Crippen molar-refractivity contribution < 1.29 is 0 Å². The van der Waals surface area contributed by atoms with E-state index in [1.54, 1.807) is 0 Å². The van der Waals surface area contributed by atoms with Crippen molar-refractivity contribution in [2.24, 2.45) is 0 Å². The van der Waals surface area contributed by atoms with Crippen molar-refractivity contribution in [3.8, 4) is 0 Å². The maximum atomic E-state index is 4.41. The molecule has 0 spiro atoms. The number of hydrogen-bond donors (Lipinski definition) is 0. The fraction of sp³-hybridized carbons (Fsp3) is 0.417. The SMILES string of the molecule is C=C/C=C(\CCC)CC(=C)c1ccccc1C(=C)N(CCC)CCC. The second kappa shape index (κ2) is 11.5. The van der Waals surface area contributed by atoms with Crippen molar-refractivity contribution in [2.75, 3.05) is 13.1 Å². The van der Waals surface area contributed by atoms with E-state index in [0.29, 0.717) is 0 Å². The van der Waals surface area contributed by atoms with Gasteiger partial charge in [-0.3, -0.25) is 0 Å². The molecule has 0 amide bonds. The molecule has 0 aliphatic rings. The lowest BCUT2D eigenvalue weighted by atomic mass is 9.92. The van der Waals surface area contributed by atoms with Gasteiger partial charge in [0.05, 0.1) is 0 Å². The van der Waals surface area contributed by atoms with Gasteiger partial charge in [-0.2, -0.15) is 0 Å². The molecule has 1 heteroatoms. The van der Waals surface area contributed by atoms with Crippen LogP contribution in [0.15, 0.2) is 61.7 Å². The van der Waals surface area contributed by atoms with Crippen molar-refractivity contribution in [2.45, 2.75) is 52.9 Å². The highest BCUT2D eigenvalue weighted by Crippen LogP contribution is 2.30. The molecule has 0 atom stereocenters. The maximum absolute atomic E-state index is 4.41. The minimum Gasteiger partial charge on any atom is -0.372 e. The second-order valence-corrected chi connectivity index (χ2v) is 6.57. The largest absolute Gasteiger partial charge is 0.372 e. The average molecular weight is 338 g/mol. The summed E-state index contributed by atoms with van der Waals surface area (Å²) < 4.78 is 0. The molecule has 1 aromatic rings. The van der Waals surface area contributed by atoms with Gasteiger partial charge in [-0.05, 0) is 36.8 Å². The molecule has 1 nitrogen and oxygen atoms in total. The first-order valence-corrected chi connectivity index (χ1v) is 9.60. The molecular formula is C24H35N. The lowest BCUT2D eigenvalue weighted by molar-refractivity contribution is 0.397. The Bertz CT molecular complexity index is 600. The molecule has 0 heterocycles. The second-order valence-electron chi connectivity index (χ2n) is 6.57. The fourth-order valence-electron chi connectivity index (χ4n) is 3.22. The zero-order chi connectivity index (χ0) is 18.7. The molecular weight excluding hydrogens is 302 g/mol. The number of hydrogen-bond acceptors (Lipinski definition) is 1. The summed E-state index contributed by atoms with van der Waals surface area (Å²) in [6.07, 6.45) is 9.40. The first kappa shape index (κ1) is 21.0. The Labute approximate surface area is 155 Å². The summed E-state index contributed by atoms with van der Waals surface area (Å²) in [5.41, 5.74) is 6.10. The first-order valence-electron chi connectivity index (χ1n) is 9.60. The van der Waals surface area contributed by atoms with Crippen LogP contribution in [0.25, 0.3) is 11.3 Å². The molecule has 0 saturated heterocycles. The molecule has 136 valence electrons. The molecule has 0 N–H and O–H groups in total. The van der Waals surface area contributed by atoms with Gasteiger partial charge in [0.15, 0.2) is 0 Å². The Hall–Kier alpha value is -2.02. The number of nitrogens with zero attached hydrogens (tertiary/aromatic N) is 1. The number of allylic oxidation sites excluding steroid dienone is 4. The summed E-state index contributed by atoms with van der Waals surface area (Å²) in [7, 11) is 0. The molecule has 0 aliphatic heterocycles. The molecule has 0 aromatic heterocycles. The normalized spacial score (nSPS) is 11.2. The van der Waals surface area contributed by atoms with Gasteiger partial charge >= 0.3 is 0 Å². The summed E-state index contributed by atoms with van der Waals surface area (Å²) in [5, 5.41) is 0. The molecule has 0 aliphatic carbocycles. The topological polar surface area (TPSA) is 3.24 Å². The predicted molar refractivity (Wildman–Crippen MR) is 114 cm³/mol. The third-order valence-electron chi connectivity index (χ3n) is 4.35. The van der Waals surface area contributed by atoms with E-state index >= 15 is 0 Å². The van der Waals surface area contributed by atoms with Gasteiger partial charge in [-0.1, -0.05) is 88.9 Å². The average Bonchev–Trinajstić information content (AvgIpc) is 2.61. The number of benzene rings is 1. The molecule has 1 aromatic carbocycles. The Morgan fingerprint density at radius 2 is 1.56 bits per heavy atom. The summed E-state index contributed by atoms with van der Waals surface area (Å²) in [4.78, 5) is 2.40. The van der Waals surface area contributed by atoms with Gasteiger partial charge in [-0.25, -0.2) is 0 Å². The Morgan fingerprint density at radius 3 is 2.08 bits per heavy atom. The van der Waals surface area contributed by atoms with Gasteiger partial charge in [-0.15, -0.1) is 0 Å². The molecule has 1 rings (SSSR count). The van der Waals surface area contributed by atoms with Crippen LogP contribution in [0, 0.1) is 0 Å². The van der Waals surface area contributed by atoms with E-state index < -0.39 is 0 Å². The Balaban J connectivity index is 3.09. The highest BCUT2D eigenvalue weighted by molar-refractivity contribution is 5.78. The van der Waals surface area contributed by atoms with Crippen molar-refractivity contribution >= 4 is 11.3 Å². The van der Waals surface area contributed by atoms with E-state index in [1.165, 1.54) is 16.7 Å². The fourth-order valence-corrected chi connectivity index (χ4v) is 3.22. The lowest BCUT2D eigenvalue weighted by Crippen LogP contribution is -2.23. The van der Waals surface area contributed by atoms with Gasteiger partial charge in [0.25, 0.3) is 0 Å². The van der Waals surface area contributed by atoms with E-state index in [9.17, 15) is 0 Å². The summed E-state index contributed by atoms with van der Waals surface area (Å²) in [6.45, 7) is 21.4. The van der Waals surface area contributed by atoms with Crippen LogP contribution < -0.4 is 0 Å². The van der Waals surface area contributed by atoms with E-state index in [2.05, 4.69) is 75.7 Å². The molecule has 0 bridgehead atoms. The van der Waals surface area contributed by atoms with E-state index in [4.69, 9.17) is 0 Å². The summed E-state index contributed by atoms with van der Waals surface area (Å²) >= 11 is 0. The standard InChI is InChI=1S/C24H35N/c1-7-13-22(14-8-2)19-20(5)23-15-11-12-16-24(23)21(6)25(17-9-3)18-10-4/h7,11-13,15-16H,1,5-6,8-10,14,17-19H2,2-4H3/b22-13+. The van der Waals surface area contributed by atoms with Crippen LogP contribution in [0.1, 0.15) is 64.0 Å². The maximum Gasteiger partial charge on any atom is 0.0372 e. The van der Waals surface area contributed by atoms with Crippen molar-refractivity contribution in [3.05, 3.63) is 72.9 Å². The zero-order valence-corrected chi connectivity index (χ0v) is 16.5. The van der Waals surface area contributed by atoms with Gasteiger partial charge in [0.1, 0.15) is 0 Å². The van der Waals surface area contributed by atoms with Crippen molar-refractivity contribution in [1.82, 2.24) is 4.90 Å². The van der Waals surface area contributed by atoms with Crippen LogP contribution >= 0.6 is 0 Å². The van der Waals surface area contributed by atoms with Crippen LogP contribution in [-0.2, 0) is 0 Å². The third-order valence-corrected chi connectivity index (χ3v) is 4.35. The molecule has 0 unspecified atom stereocenters. The minimum atomic E-state index is 0.895. The summed E-state index contributed by atoms with van der Waals surface area (Å²) in [5.74, 6) is 0. The molecule has 0 fully saturated rings. The van der Waals surface area contributed by atoms with Crippen LogP contribution in [0.2, 0.25) is 0 Å².